The maximum absolute atomic E-state index is 15.8. The van der Waals surface area contributed by atoms with E-state index in [1.54, 1.807) is 48.5 Å². The molecule has 21 N–H and O–H groups in total. The minimum absolute atomic E-state index is 0.00513. The Kier molecular flexibility index (Phi) is 35.1. The van der Waals surface area contributed by atoms with Gasteiger partial charge in [-0.15, -0.1) is 0 Å². The average Bonchev–Trinajstić information content (AvgIpc) is 0.810. The molecule has 588 valence electrons. The summed E-state index contributed by atoms with van der Waals surface area (Å²) in [4.78, 5) is 203. The fraction of sp³-hybridized carbons (Fsp3) is 0.623. The number of amides is 12. The Morgan fingerprint density at radius 3 is 1.81 bits per heavy atom. The quantitative estimate of drug-likeness (QED) is 0.0119. The highest BCUT2D eigenvalue weighted by Gasteiger charge is 2.44. The van der Waals surface area contributed by atoms with Crippen molar-refractivity contribution in [3.63, 3.8) is 0 Å². The third kappa shape index (κ3) is 28.4. The van der Waals surface area contributed by atoms with Gasteiger partial charge < -0.3 is 106 Å². The number of esters is 1. The number of nitro benzene ring substituents is 1. The fourth-order valence-electron chi connectivity index (χ4n) is 11.6. The van der Waals surface area contributed by atoms with E-state index in [-0.39, 0.29) is 67.3 Å². The average molecular weight is 1500 g/mol. The zero-order chi connectivity index (χ0) is 79.4. The summed E-state index contributed by atoms with van der Waals surface area (Å²) in [6.45, 7) is 12.7. The van der Waals surface area contributed by atoms with E-state index >= 15 is 14.4 Å². The van der Waals surface area contributed by atoms with E-state index in [0.29, 0.717) is 12.8 Å². The molecule has 37 heteroatoms. The van der Waals surface area contributed by atoms with Gasteiger partial charge in [-0.1, -0.05) is 123 Å². The molecule has 1 saturated heterocycles. The van der Waals surface area contributed by atoms with Crippen molar-refractivity contribution < 1.29 is 97.2 Å². The number of ether oxygens (including phenoxy) is 2. The highest BCUT2D eigenvalue weighted by molar-refractivity contribution is 6.00. The molecule has 0 unspecified atom stereocenters. The van der Waals surface area contributed by atoms with Crippen LogP contribution in [-0.4, -0.2) is 212 Å². The number of carbonyl (C=O) groups is 13. The second kappa shape index (κ2) is 42.1. The number of carbonyl (C=O) groups excluding carboxylic acids is 13. The van der Waals surface area contributed by atoms with E-state index in [9.17, 15) is 78.5 Å². The van der Waals surface area contributed by atoms with Gasteiger partial charge in [-0.25, -0.2) is 9.59 Å². The highest BCUT2D eigenvalue weighted by atomic mass is 16.6. The van der Waals surface area contributed by atoms with Crippen LogP contribution >= 0.6 is 0 Å². The van der Waals surface area contributed by atoms with Gasteiger partial charge in [0, 0.05) is 25.1 Å². The minimum atomic E-state index is -2.64. The number of aliphatic hydroxyl groups is 4. The van der Waals surface area contributed by atoms with Gasteiger partial charge in [0.05, 0.1) is 30.3 Å². The zero-order valence-corrected chi connectivity index (χ0v) is 61.3. The molecule has 0 aromatic heterocycles. The number of primary amides is 1. The SMILES string of the molecule is CC[C@H](C)[C@@H]1NC(=O)[C@@H](CCCN=C(N)N)NC(=O)[C@H](CC(C)C)NC(=O)[C@H]([C@H](O)C(C)C)NC(=O)[C@@H](NC(=O)[C@H](Cc2ccc([N+](=O)[O-])cc2)NC(=O)[C@H](CC2CCCCC2)NC(=O)OC(C)(C)C)[C@@H](c2ccccc2)OC(=O)[C@H](CO)NC(=O)[C@H]([C@H](O)C(N)=O)NC(=O)CNC(=O)[C@H]([C@H](C)O)NC1=O. The van der Waals surface area contributed by atoms with E-state index in [0.717, 1.165) is 38.3 Å². The summed E-state index contributed by atoms with van der Waals surface area (Å²) >= 11 is 0. The first kappa shape index (κ1) is 88.3. The molecule has 1 aliphatic heterocycles. The van der Waals surface area contributed by atoms with Crippen molar-refractivity contribution in [2.45, 2.75) is 230 Å². The van der Waals surface area contributed by atoms with Crippen molar-refractivity contribution in [2.24, 2.45) is 45.9 Å². The molecule has 1 saturated carbocycles. The lowest BCUT2D eigenvalue weighted by atomic mass is 9.84. The lowest BCUT2D eigenvalue weighted by Gasteiger charge is -2.34. The van der Waals surface area contributed by atoms with Crippen LogP contribution < -0.4 is 75.7 Å². The van der Waals surface area contributed by atoms with Gasteiger partial charge in [-0.3, -0.25) is 67.8 Å². The zero-order valence-electron chi connectivity index (χ0n) is 61.3. The Labute approximate surface area is 613 Å². The van der Waals surface area contributed by atoms with Gasteiger partial charge >= 0.3 is 12.1 Å². The first-order chi connectivity index (χ1) is 49.7. The number of non-ortho nitro benzene ring substituents is 1. The molecule has 106 heavy (non-hydrogen) atoms. The van der Waals surface area contributed by atoms with Gasteiger partial charge in [0.1, 0.15) is 60.0 Å². The Morgan fingerprint density at radius 2 is 1.25 bits per heavy atom. The maximum Gasteiger partial charge on any atom is 0.408 e. The number of aliphatic hydroxyl groups excluding tert-OH is 4. The van der Waals surface area contributed by atoms with E-state index < -0.39 is 210 Å². The summed E-state index contributed by atoms with van der Waals surface area (Å²) in [6, 6.07) is -7.66. The van der Waals surface area contributed by atoms with Crippen molar-refractivity contribution in [1.29, 1.82) is 0 Å². The van der Waals surface area contributed by atoms with Crippen LogP contribution in [0.15, 0.2) is 59.6 Å². The summed E-state index contributed by atoms with van der Waals surface area (Å²) in [5.41, 5.74) is 15.1. The van der Waals surface area contributed by atoms with Crippen LogP contribution in [0.5, 0.6) is 0 Å². The fourth-order valence-corrected chi connectivity index (χ4v) is 11.6. The molecule has 0 spiro atoms. The van der Waals surface area contributed by atoms with Crippen LogP contribution in [0.1, 0.15) is 151 Å². The molecule has 1 aliphatic carbocycles. The molecule has 12 amide bonds. The molecule has 2 fully saturated rings. The molecular weight excluding hydrogens is 1390 g/mol. The highest BCUT2D eigenvalue weighted by Crippen LogP contribution is 2.29. The monoisotopic (exact) mass is 1490 g/mol. The molecule has 0 bridgehead atoms. The van der Waals surface area contributed by atoms with E-state index in [2.05, 4.69) is 52.8 Å². The van der Waals surface area contributed by atoms with E-state index in [4.69, 9.17) is 26.7 Å². The number of guanidine groups is 1. The van der Waals surface area contributed by atoms with Crippen LogP contribution in [-0.2, 0) is 73.4 Å². The van der Waals surface area contributed by atoms with Crippen LogP contribution in [0.2, 0.25) is 0 Å². The first-order valence-corrected chi connectivity index (χ1v) is 35.2. The Balaban J connectivity index is 2.06. The Hall–Kier alpha value is -10.1. The summed E-state index contributed by atoms with van der Waals surface area (Å²) in [5.74, 6) is -18.2. The van der Waals surface area contributed by atoms with Crippen LogP contribution in [0, 0.1) is 33.8 Å². The second-order valence-corrected chi connectivity index (χ2v) is 28.3. The largest absolute Gasteiger partial charge is 0.453 e. The van der Waals surface area contributed by atoms with Gasteiger partial charge in [-0.2, -0.15) is 0 Å². The smallest absolute Gasteiger partial charge is 0.408 e. The molecule has 2 aliphatic rings. The predicted molar refractivity (Wildman–Crippen MR) is 380 cm³/mol. The number of aliphatic imine (C=N–C) groups is 1. The lowest BCUT2D eigenvalue weighted by molar-refractivity contribution is -0.384. The summed E-state index contributed by atoms with van der Waals surface area (Å²) in [7, 11) is 0. The predicted octanol–water partition coefficient (Wildman–Crippen LogP) is -2.84. The van der Waals surface area contributed by atoms with Crippen molar-refractivity contribution in [3.05, 3.63) is 75.8 Å². The maximum atomic E-state index is 15.8. The van der Waals surface area contributed by atoms with Gasteiger partial charge in [0.15, 0.2) is 24.2 Å². The number of cyclic esters (lactones) is 1. The van der Waals surface area contributed by atoms with Crippen LogP contribution in [0.4, 0.5) is 10.5 Å². The van der Waals surface area contributed by atoms with E-state index in [1.807, 2.05) is 10.6 Å². The Morgan fingerprint density at radius 1 is 0.679 bits per heavy atom. The van der Waals surface area contributed by atoms with Crippen LogP contribution in [0.3, 0.4) is 0 Å². The number of alkyl carbamates (subject to hydrolysis) is 1. The third-order valence-corrected chi connectivity index (χ3v) is 17.6. The molecule has 2 aromatic carbocycles. The van der Waals surface area contributed by atoms with Crippen molar-refractivity contribution in [2.75, 3.05) is 19.7 Å². The number of hydrogen-bond acceptors (Lipinski definition) is 22. The molecule has 15 atom stereocenters. The third-order valence-electron chi connectivity index (χ3n) is 17.6. The van der Waals surface area contributed by atoms with Crippen molar-refractivity contribution in [1.82, 2.24) is 58.5 Å². The molecule has 37 nitrogen and oxygen atoms in total. The molecule has 1 heterocycles. The molecule has 2 aromatic rings. The number of nitrogens with one attached hydrogen (secondary N) is 11. The molecule has 0 radical (unpaired) electrons. The first-order valence-electron chi connectivity index (χ1n) is 35.2. The normalized spacial score (nSPS) is 23.7. The molecular formula is C69H106N16O21. The van der Waals surface area contributed by atoms with Gasteiger partial charge in [0.2, 0.25) is 65.0 Å². The number of nitrogens with zero attached hydrogens (tertiary/aromatic N) is 2. The van der Waals surface area contributed by atoms with Crippen LogP contribution in [0.25, 0.3) is 0 Å². The van der Waals surface area contributed by atoms with Gasteiger partial charge in [-0.05, 0) is 88.2 Å². The topological polar surface area (TPSA) is 587 Å². The number of nitrogens with two attached hydrogens (primary N) is 3. The number of rotatable bonds is 25. The number of benzene rings is 2. The summed E-state index contributed by atoms with van der Waals surface area (Å²) in [5, 5.41) is 83.1. The van der Waals surface area contributed by atoms with Crippen molar-refractivity contribution in [3.8, 4) is 0 Å². The summed E-state index contributed by atoms with van der Waals surface area (Å²) < 4.78 is 11.5. The molecule has 4 rings (SSSR count). The van der Waals surface area contributed by atoms with Crippen molar-refractivity contribution >= 4 is 88.7 Å². The second-order valence-electron chi connectivity index (χ2n) is 28.3. The summed E-state index contributed by atoms with van der Waals surface area (Å²) in [6.07, 6.45) is -6.34. The van der Waals surface area contributed by atoms with Gasteiger partial charge in [0.25, 0.3) is 5.69 Å². The number of hydrogen-bond donors (Lipinski definition) is 18. The Bertz CT molecular complexity index is 3400. The number of nitro groups is 1. The lowest BCUT2D eigenvalue weighted by Crippen LogP contribution is -2.64. The standard InChI is InChI=1S/C69H106N16O21/c1-11-36(6)48-62(97)82-49(37(7)87)61(96)74-32-47(88)80-51(54(90)56(70)91)64(99)78-46(33-86)66(101)105-55(40-21-16-13-17-22-40)52(65(100)83-50(53(89)35(4)5)63(98)77-43(29-34(2)3)58(93)75-42(57(92)81-48)23-18-28-73-67(71)72)84-60(95)44(31-39-24-26-41(27-25-39)85(103)104)76-59(94)45(30-38-19-14-12-15-20-38)79-68(102)106-69(8,9)10/h13,16-17,21-22,24-27,34-38,42-46,48-55,86-87,89-90H,11-12,14-15,18-20,23,28-33H2,1-10H3,(H2,70,91)(H,74,96)(H,75,93)(H,76,94)(H,77,98)(H,78,99)(H,79,102)(H,80,88)(H,81,92)(H,82,97)(H,83,100)(H,84,95)(H4,71,72,73)/t36-,37-,42+,43-,44-,45-,46-,48-,49-,50-,51-,52-,53+,54-,55+/m0/s1. The van der Waals surface area contributed by atoms with E-state index in [1.165, 1.54) is 56.3 Å². The minimum Gasteiger partial charge on any atom is -0.453 e.